The summed E-state index contributed by atoms with van der Waals surface area (Å²) in [5.74, 6) is 0.879. The van der Waals surface area contributed by atoms with Crippen LogP contribution >= 0.6 is 0 Å². The highest BCUT2D eigenvalue weighted by Gasteiger charge is 2.11. The summed E-state index contributed by atoms with van der Waals surface area (Å²) in [5, 5.41) is 3.71. The predicted octanol–water partition coefficient (Wildman–Crippen LogP) is 3.36. The van der Waals surface area contributed by atoms with Crippen LogP contribution in [0.5, 0.6) is 0 Å². The molecule has 0 radical (unpaired) electrons. The van der Waals surface area contributed by atoms with Crippen LogP contribution in [-0.2, 0) is 0 Å². The molecule has 3 heteroatoms. The quantitative estimate of drug-likeness (QED) is 0.837. The Kier molecular flexibility index (Phi) is 2.69. The maximum atomic E-state index is 5.74. The van der Waals surface area contributed by atoms with Gasteiger partial charge in [0.25, 0.3) is 0 Å². The molecule has 1 aromatic heterocycles. The van der Waals surface area contributed by atoms with Crippen molar-refractivity contribution in [2.75, 3.05) is 5.73 Å². The maximum Gasteiger partial charge on any atom is 0.229 e. The van der Waals surface area contributed by atoms with E-state index in [1.807, 2.05) is 0 Å². The number of nitrogen functional groups attached to an aromatic ring is 1. The molecular weight excluding hydrogens is 200 g/mol. The van der Waals surface area contributed by atoms with Crippen LogP contribution in [0, 0.1) is 6.92 Å². The number of aromatic nitrogens is 1. The lowest BCUT2D eigenvalue weighted by atomic mass is 9.95. The summed E-state index contributed by atoms with van der Waals surface area (Å²) in [6, 6.07) is 6.41. The van der Waals surface area contributed by atoms with E-state index in [2.05, 4.69) is 44.1 Å². The molecule has 0 amide bonds. The molecule has 2 aromatic rings. The van der Waals surface area contributed by atoms with Crippen LogP contribution in [0.1, 0.15) is 30.9 Å². The standard InChI is InChI=1S/C13H16N2O/c1-8(2)10-5-4-9(3)11(6-10)12-7-15-16-13(12)14/h4-8H,14H2,1-3H3. The first-order valence-corrected chi connectivity index (χ1v) is 5.40. The van der Waals surface area contributed by atoms with E-state index in [4.69, 9.17) is 10.3 Å². The van der Waals surface area contributed by atoms with E-state index < -0.39 is 0 Å². The molecule has 0 spiro atoms. The molecule has 84 valence electrons. The van der Waals surface area contributed by atoms with Gasteiger partial charge in [-0.2, -0.15) is 0 Å². The van der Waals surface area contributed by atoms with Crippen LogP contribution < -0.4 is 5.73 Å². The second-order valence-electron chi connectivity index (χ2n) is 4.33. The number of benzene rings is 1. The minimum absolute atomic E-state index is 0.379. The van der Waals surface area contributed by atoms with E-state index in [1.54, 1.807) is 6.20 Å². The Morgan fingerprint density at radius 2 is 2.00 bits per heavy atom. The lowest BCUT2D eigenvalue weighted by Gasteiger charge is -2.10. The number of aryl methyl sites for hydroxylation is 1. The topological polar surface area (TPSA) is 52.0 Å². The van der Waals surface area contributed by atoms with Gasteiger partial charge in [-0.25, -0.2) is 0 Å². The molecule has 1 aromatic carbocycles. The van der Waals surface area contributed by atoms with Crippen molar-refractivity contribution < 1.29 is 4.52 Å². The van der Waals surface area contributed by atoms with Crippen LogP contribution in [0.25, 0.3) is 11.1 Å². The van der Waals surface area contributed by atoms with Gasteiger partial charge in [-0.15, -0.1) is 0 Å². The molecule has 0 aliphatic heterocycles. The summed E-state index contributed by atoms with van der Waals surface area (Å²) < 4.78 is 4.90. The highest BCUT2D eigenvalue weighted by Crippen LogP contribution is 2.30. The summed E-state index contributed by atoms with van der Waals surface area (Å²) in [6.07, 6.45) is 1.67. The third-order valence-electron chi connectivity index (χ3n) is 2.82. The summed E-state index contributed by atoms with van der Waals surface area (Å²) in [6.45, 7) is 6.41. The van der Waals surface area contributed by atoms with Crippen molar-refractivity contribution in [3.05, 3.63) is 35.5 Å². The van der Waals surface area contributed by atoms with Crippen molar-refractivity contribution in [1.82, 2.24) is 5.16 Å². The molecule has 0 unspecified atom stereocenters. The first-order chi connectivity index (χ1) is 7.59. The molecule has 0 saturated heterocycles. The molecule has 0 atom stereocenters. The first kappa shape index (κ1) is 10.7. The smallest absolute Gasteiger partial charge is 0.229 e. The number of nitrogens with two attached hydrogens (primary N) is 1. The molecule has 0 fully saturated rings. The Morgan fingerprint density at radius 1 is 1.25 bits per heavy atom. The second kappa shape index (κ2) is 4.00. The lowest BCUT2D eigenvalue weighted by molar-refractivity contribution is 0.436. The maximum absolute atomic E-state index is 5.74. The number of rotatable bonds is 2. The normalized spacial score (nSPS) is 11.0. The van der Waals surface area contributed by atoms with Gasteiger partial charge in [0.1, 0.15) is 0 Å². The number of hydrogen-bond donors (Lipinski definition) is 1. The summed E-state index contributed by atoms with van der Waals surface area (Å²) >= 11 is 0. The van der Waals surface area contributed by atoms with Gasteiger partial charge < -0.3 is 10.3 Å². The van der Waals surface area contributed by atoms with Gasteiger partial charge in [-0.1, -0.05) is 37.2 Å². The summed E-state index contributed by atoms with van der Waals surface area (Å²) in [5.41, 5.74) is 10.2. The van der Waals surface area contributed by atoms with E-state index in [1.165, 1.54) is 11.1 Å². The Hall–Kier alpha value is -1.77. The van der Waals surface area contributed by atoms with Crippen molar-refractivity contribution in [2.45, 2.75) is 26.7 Å². The molecule has 0 aliphatic rings. The Labute approximate surface area is 95.3 Å². The molecule has 2 rings (SSSR count). The highest BCUT2D eigenvalue weighted by atomic mass is 16.5. The van der Waals surface area contributed by atoms with Gasteiger partial charge in [0.15, 0.2) is 0 Å². The molecule has 1 heterocycles. The van der Waals surface area contributed by atoms with Gasteiger partial charge in [0, 0.05) is 0 Å². The van der Waals surface area contributed by atoms with Crippen LogP contribution in [0.2, 0.25) is 0 Å². The van der Waals surface area contributed by atoms with Gasteiger partial charge in [0.05, 0.1) is 11.8 Å². The molecule has 0 aliphatic carbocycles. The van der Waals surface area contributed by atoms with Gasteiger partial charge >= 0.3 is 0 Å². The highest BCUT2D eigenvalue weighted by molar-refractivity contribution is 5.75. The molecule has 3 nitrogen and oxygen atoms in total. The fraction of sp³-hybridized carbons (Fsp3) is 0.308. The number of nitrogens with zero attached hydrogens (tertiary/aromatic N) is 1. The predicted molar refractivity (Wildman–Crippen MR) is 65.2 cm³/mol. The Morgan fingerprint density at radius 3 is 2.56 bits per heavy atom. The van der Waals surface area contributed by atoms with Crippen molar-refractivity contribution in [3.8, 4) is 11.1 Å². The molecule has 16 heavy (non-hydrogen) atoms. The van der Waals surface area contributed by atoms with Gasteiger partial charge in [-0.05, 0) is 29.5 Å². The van der Waals surface area contributed by atoms with Gasteiger partial charge in [-0.3, -0.25) is 0 Å². The summed E-state index contributed by atoms with van der Waals surface area (Å²) in [7, 11) is 0. The first-order valence-electron chi connectivity index (χ1n) is 5.40. The average molecular weight is 216 g/mol. The van der Waals surface area contributed by atoms with Crippen LogP contribution in [0.4, 0.5) is 5.88 Å². The zero-order valence-corrected chi connectivity index (χ0v) is 9.82. The van der Waals surface area contributed by atoms with Crippen molar-refractivity contribution >= 4 is 5.88 Å². The van der Waals surface area contributed by atoms with E-state index in [0.717, 1.165) is 11.1 Å². The van der Waals surface area contributed by atoms with Crippen molar-refractivity contribution in [1.29, 1.82) is 0 Å². The third kappa shape index (κ3) is 1.81. The molecule has 2 N–H and O–H groups in total. The van der Waals surface area contributed by atoms with Crippen LogP contribution in [0.3, 0.4) is 0 Å². The zero-order chi connectivity index (χ0) is 11.7. The van der Waals surface area contributed by atoms with Crippen LogP contribution in [0.15, 0.2) is 28.9 Å². The minimum atomic E-state index is 0.379. The minimum Gasteiger partial charge on any atom is -0.367 e. The van der Waals surface area contributed by atoms with E-state index in [9.17, 15) is 0 Å². The van der Waals surface area contributed by atoms with Crippen molar-refractivity contribution in [3.63, 3.8) is 0 Å². The fourth-order valence-electron chi connectivity index (χ4n) is 1.74. The molecular formula is C13H16N2O. The number of hydrogen-bond acceptors (Lipinski definition) is 3. The van der Waals surface area contributed by atoms with E-state index in [-0.39, 0.29) is 0 Å². The average Bonchev–Trinajstić information content (AvgIpc) is 2.65. The Balaban J connectivity index is 2.56. The molecule has 0 bridgehead atoms. The van der Waals surface area contributed by atoms with E-state index in [0.29, 0.717) is 11.8 Å². The van der Waals surface area contributed by atoms with Crippen molar-refractivity contribution in [2.24, 2.45) is 0 Å². The third-order valence-corrected chi connectivity index (χ3v) is 2.82. The SMILES string of the molecule is Cc1ccc(C(C)C)cc1-c1cnoc1N. The zero-order valence-electron chi connectivity index (χ0n) is 9.82. The fourth-order valence-corrected chi connectivity index (χ4v) is 1.74. The Bertz CT molecular complexity index is 500. The second-order valence-corrected chi connectivity index (χ2v) is 4.33. The largest absolute Gasteiger partial charge is 0.367 e. The number of anilines is 1. The molecule has 0 saturated carbocycles. The van der Waals surface area contributed by atoms with E-state index >= 15 is 0 Å². The lowest BCUT2D eigenvalue weighted by Crippen LogP contribution is -1.92. The van der Waals surface area contributed by atoms with Crippen LogP contribution in [-0.4, -0.2) is 5.16 Å². The summed E-state index contributed by atoms with van der Waals surface area (Å²) in [4.78, 5) is 0. The van der Waals surface area contributed by atoms with Gasteiger partial charge in [0.2, 0.25) is 5.88 Å². The monoisotopic (exact) mass is 216 g/mol.